The third-order valence-corrected chi connectivity index (χ3v) is 5.79. The van der Waals surface area contributed by atoms with Crippen molar-refractivity contribution in [3.8, 4) is 6.07 Å². The molecule has 2 N–H and O–H groups in total. The molecule has 0 spiro atoms. The Labute approximate surface area is 209 Å². The van der Waals surface area contributed by atoms with Crippen LogP contribution in [0.5, 0.6) is 0 Å². The fourth-order valence-corrected chi connectivity index (χ4v) is 4.26. The van der Waals surface area contributed by atoms with Gasteiger partial charge in [0.15, 0.2) is 5.78 Å². The summed E-state index contributed by atoms with van der Waals surface area (Å²) >= 11 is 3.40. The largest absolute Gasteiger partial charge is 0.444 e. The number of hydrogen-bond acceptors (Lipinski definition) is 5. The Morgan fingerprint density at radius 3 is 2.46 bits per heavy atom. The highest BCUT2D eigenvalue weighted by Gasteiger charge is 2.35. The Balaban J connectivity index is 2.07. The second-order valence-electron chi connectivity index (χ2n) is 8.95. The number of ether oxygens (including phenoxy) is 1. The summed E-state index contributed by atoms with van der Waals surface area (Å²) in [6.07, 6.45) is -4.92. The van der Waals surface area contributed by atoms with Gasteiger partial charge in [0.1, 0.15) is 5.60 Å². The van der Waals surface area contributed by atoms with E-state index in [1.54, 1.807) is 39.0 Å². The van der Waals surface area contributed by atoms with E-state index in [-0.39, 0.29) is 29.9 Å². The molecule has 2 aromatic rings. The molecule has 1 amide bonds. The Hall–Kier alpha value is -3.32. The van der Waals surface area contributed by atoms with Crippen LogP contribution in [-0.4, -0.2) is 17.5 Å². The molecule has 2 aromatic carbocycles. The molecule has 0 unspecified atom stereocenters. The van der Waals surface area contributed by atoms with E-state index in [1.807, 2.05) is 6.07 Å². The number of nitrogens with one attached hydrogen (secondary N) is 2. The first kappa shape index (κ1) is 26.3. The summed E-state index contributed by atoms with van der Waals surface area (Å²) in [6, 6.07) is 10.4. The number of nitrogens with zero attached hydrogens (tertiary/aromatic N) is 1. The van der Waals surface area contributed by atoms with E-state index < -0.39 is 29.5 Å². The van der Waals surface area contributed by atoms with Gasteiger partial charge in [0.25, 0.3) is 0 Å². The highest BCUT2D eigenvalue weighted by atomic mass is 79.9. The molecule has 0 aliphatic heterocycles. The van der Waals surface area contributed by atoms with Crippen molar-refractivity contribution in [1.29, 1.82) is 5.26 Å². The molecule has 10 heteroatoms. The quantitative estimate of drug-likeness (QED) is 0.436. The van der Waals surface area contributed by atoms with Crippen molar-refractivity contribution in [3.05, 3.63) is 74.9 Å². The Bertz CT molecular complexity index is 1230. The SMILES string of the molecule is CC(C)(C)OC(=O)N[C@H](C1=C(Nc2cccc(C(F)(F)F)c2)CCC1=O)c1ccc(C#N)cc1Br. The molecule has 1 aliphatic carbocycles. The molecule has 1 aliphatic rings. The summed E-state index contributed by atoms with van der Waals surface area (Å²) in [5.41, 5.74) is -0.00684. The second kappa shape index (κ2) is 10.1. The van der Waals surface area contributed by atoms with Gasteiger partial charge in [-0.15, -0.1) is 0 Å². The number of halogens is 4. The van der Waals surface area contributed by atoms with Gasteiger partial charge in [-0.05, 0) is 63.1 Å². The van der Waals surface area contributed by atoms with Crippen LogP contribution < -0.4 is 10.6 Å². The molecule has 1 atom stereocenters. The van der Waals surface area contributed by atoms with Crippen molar-refractivity contribution in [2.75, 3.05) is 5.32 Å². The maximum absolute atomic E-state index is 13.2. The van der Waals surface area contributed by atoms with Crippen LogP contribution in [0.1, 0.15) is 56.3 Å². The van der Waals surface area contributed by atoms with Crippen molar-refractivity contribution >= 4 is 33.5 Å². The Morgan fingerprint density at radius 1 is 1.14 bits per heavy atom. The standard InChI is InChI=1S/C25H23BrF3N3O3/c1-24(2,3)35-23(34)32-22(17-8-7-14(13-30)11-18(17)26)21-19(9-10-20(21)33)31-16-6-4-5-15(12-16)25(27,28)29/h4-8,11-12,22,31H,9-10H2,1-3H3,(H,32,34)/t22-/m0/s1. The van der Waals surface area contributed by atoms with Crippen LogP contribution in [0.3, 0.4) is 0 Å². The minimum Gasteiger partial charge on any atom is -0.444 e. The van der Waals surface area contributed by atoms with Gasteiger partial charge in [-0.25, -0.2) is 4.79 Å². The molecule has 0 aromatic heterocycles. The number of carbonyl (C=O) groups excluding carboxylic acids is 2. The maximum Gasteiger partial charge on any atom is 0.416 e. The Morgan fingerprint density at radius 2 is 1.86 bits per heavy atom. The van der Waals surface area contributed by atoms with Gasteiger partial charge >= 0.3 is 12.3 Å². The van der Waals surface area contributed by atoms with Crippen molar-refractivity contribution in [3.63, 3.8) is 0 Å². The summed E-state index contributed by atoms with van der Waals surface area (Å²) < 4.78 is 45.4. The third-order valence-electron chi connectivity index (χ3n) is 5.10. The van der Waals surface area contributed by atoms with E-state index in [9.17, 15) is 28.0 Å². The third kappa shape index (κ3) is 6.63. The highest BCUT2D eigenvalue weighted by Crippen LogP contribution is 2.38. The number of benzene rings is 2. The maximum atomic E-state index is 13.2. The molecule has 184 valence electrons. The van der Waals surface area contributed by atoms with Crippen molar-refractivity contribution < 1.29 is 27.5 Å². The molecule has 0 fully saturated rings. The normalized spacial score (nSPS) is 15.0. The van der Waals surface area contributed by atoms with Gasteiger partial charge in [-0.2, -0.15) is 18.4 Å². The van der Waals surface area contributed by atoms with E-state index in [0.29, 0.717) is 21.3 Å². The van der Waals surface area contributed by atoms with Crippen LogP contribution in [0.25, 0.3) is 0 Å². The van der Waals surface area contributed by atoms with E-state index in [4.69, 9.17) is 4.74 Å². The first-order valence-corrected chi connectivity index (χ1v) is 11.5. The molecule has 0 bridgehead atoms. The average molecular weight is 550 g/mol. The zero-order chi connectivity index (χ0) is 26.0. The van der Waals surface area contributed by atoms with E-state index in [0.717, 1.165) is 12.1 Å². The number of carbonyl (C=O) groups is 2. The lowest BCUT2D eigenvalue weighted by molar-refractivity contribution is -0.137. The number of ketones is 1. The van der Waals surface area contributed by atoms with Gasteiger partial charge in [-0.1, -0.05) is 28.1 Å². The lowest BCUT2D eigenvalue weighted by atomic mass is 9.95. The number of amides is 1. The zero-order valence-electron chi connectivity index (χ0n) is 19.2. The number of hydrogen-bond donors (Lipinski definition) is 2. The van der Waals surface area contributed by atoms with Gasteiger partial charge in [0, 0.05) is 27.9 Å². The van der Waals surface area contributed by atoms with Crippen LogP contribution in [-0.2, 0) is 15.7 Å². The smallest absolute Gasteiger partial charge is 0.416 e. The lowest BCUT2D eigenvalue weighted by Gasteiger charge is -2.26. The molecule has 0 radical (unpaired) electrons. The monoisotopic (exact) mass is 549 g/mol. The van der Waals surface area contributed by atoms with Crippen molar-refractivity contribution in [2.24, 2.45) is 0 Å². The minimum atomic E-state index is -4.52. The van der Waals surface area contributed by atoms with E-state index >= 15 is 0 Å². The van der Waals surface area contributed by atoms with Crippen molar-refractivity contribution in [1.82, 2.24) is 5.32 Å². The van der Waals surface area contributed by atoms with Crippen molar-refractivity contribution in [2.45, 2.75) is 51.4 Å². The van der Waals surface area contributed by atoms with Gasteiger partial charge in [0.05, 0.1) is 23.2 Å². The predicted molar refractivity (Wildman–Crippen MR) is 127 cm³/mol. The fourth-order valence-electron chi connectivity index (χ4n) is 3.65. The van der Waals surface area contributed by atoms with Crippen LogP contribution in [0.4, 0.5) is 23.7 Å². The number of Topliss-reactive ketones (excluding diaryl/α,β-unsaturated/α-hetero) is 1. The van der Waals surface area contributed by atoms with Gasteiger partial charge < -0.3 is 15.4 Å². The van der Waals surface area contributed by atoms with Crippen LogP contribution in [0.2, 0.25) is 0 Å². The number of rotatable bonds is 5. The topological polar surface area (TPSA) is 91.2 Å². The number of nitriles is 1. The number of allylic oxidation sites excluding steroid dienone is 1. The van der Waals surface area contributed by atoms with Crippen LogP contribution in [0.15, 0.2) is 58.2 Å². The molecule has 6 nitrogen and oxygen atoms in total. The van der Waals surface area contributed by atoms with Gasteiger partial charge in [0.2, 0.25) is 0 Å². The second-order valence-corrected chi connectivity index (χ2v) is 9.80. The molecule has 3 rings (SSSR count). The molecular weight excluding hydrogens is 527 g/mol. The first-order valence-electron chi connectivity index (χ1n) is 10.7. The first-order chi connectivity index (χ1) is 16.3. The Kier molecular flexibility index (Phi) is 7.60. The van der Waals surface area contributed by atoms with Gasteiger partial charge in [-0.3, -0.25) is 4.79 Å². The summed E-state index contributed by atoms with van der Waals surface area (Å²) in [6.45, 7) is 5.08. The van der Waals surface area contributed by atoms with Crippen LogP contribution in [0, 0.1) is 11.3 Å². The van der Waals surface area contributed by atoms with Crippen LogP contribution >= 0.6 is 15.9 Å². The summed E-state index contributed by atoms with van der Waals surface area (Å²) in [5, 5.41) is 14.9. The highest BCUT2D eigenvalue weighted by molar-refractivity contribution is 9.10. The van der Waals surface area contributed by atoms with E-state index in [2.05, 4.69) is 26.6 Å². The summed E-state index contributed by atoms with van der Waals surface area (Å²) in [7, 11) is 0. The number of alkyl carbamates (subject to hydrolysis) is 1. The zero-order valence-corrected chi connectivity index (χ0v) is 20.8. The minimum absolute atomic E-state index is 0.122. The van der Waals surface area contributed by atoms with E-state index in [1.165, 1.54) is 12.1 Å². The lowest BCUT2D eigenvalue weighted by Crippen LogP contribution is -2.37. The molecular formula is C25H23BrF3N3O3. The molecule has 0 saturated carbocycles. The predicted octanol–water partition coefficient (Wildman–Crippen LogP) is 6.63. The summed E-state index contributed by atoms with van der Waals surface area (Å²) in [5.74, 6) is -0.267. The molecule has 0 heterocycles. The fraction of sp³-hybridized carbons (Fsp3) is 0.320. The molecule has 35 heavy (non-hydrogen) atoms. The number of alkyl halides is 3. The summed E-state index contributed by atoms with van der Waals surface area (Å²) in [4.78, 5) is 25.7. The number of anilines is 1. The average Bonchev–Trinajstić information content (AvgIpc) is 3.10. The molecule has 0 saturated heterocycles.